The van der Waals surface area contributed by atoms with Crippen molar-refractivity contribution in [2.24, 2.45) is 0 Å². The van der Waals surface area contributed by atoms with Crippen molar-refractivity contribution in [2.45, 2.75) is 13.8 Å². The summed E-state index contributed by atoms with van der Waals surface area (Å²) in [5.74, 6) is -0.460. The van der Waals surface area contributed by atoms with Crippen molar-refractivity contribution in [3.63, 3.8) is 0 Å². The van der Waals surface area contributed by atoms with E-state index in [1.54, 1.807) is 19.1 Å². The third-order valence-electron chi connectivity index (χ3n) is 1.39. The fourth-order valence-electron chi connectivity index (χ4n) is 0.856. The zero-order valence-electron chi connectivity index (χ0n) is 7.89. The second-order valence-electron chi connectivity index (χ2n) is 2.65. The molecular weight excluding hydrogens is 182 g/mol. The Morgan fingerprint density at radius 1 is 1.71 bits per heavy atom. The molecule has 1 heterocycles. The van der Waals surface area contributed by atoms with Gasteiger partial charge in [0.25, 0.3) is 0 Å². The molecule has 0 amide bonds. The molecule has 0 atom stereocenters. The average Bonchev–Trinajstić information content (AvgIpc) is 2.52. The Labute approximate surface area is 81.2 Å². The van der Waals surface area contributed by atoms with E-state index in [-0.39, 0.29) is 0 Å². The third-order valence-corrected chi connectivity index (χ3v) is 1.39. The van der Waals surface area contributed by atoms with Gasteiger partial charge in [0, 0.05) is 12.5 Å². The molecule has 0 spiro atoms. The van der Waals surface area contributed by atoms with E-state index < -0.39 is 5.97 Å². The lowest BCUT2D eigenvalue weighted by Gasteiger charge is -2.01. The Balaban J connectivity index is 2.94. The summed E-state index contributed by atoms with van der Waals surface area (Å²) in [5.41, 5.74) is 1.07. The van der Waals surface area contributed by atoms with Gasteiger partial charge in [-0.15, -0.1) is 5.10 Å². The van der Waals surface area contributed by atoms with E-state index in [4.69, 9.17) is 10.1 Å². The van der Waals surface area contributed by atoms with Crippen LogP contribution in [0.1, 0.15) is 19.5 Å². The monoisotopic (exact) mass is 191 g/mol. The van der Waals surface area contributed by atoms with Crippen LogP contribution in [-0.2, 0) is 4.79 Å². The Morgan fingerprint density at radius 3 is 3.00 bits per heavy atom. The molecule has 0 N–H and O–H groups in total. The number of rotatable bonds is 2. The van der Waals surface area contributed by atoms with Gasteiger partial charge in [0.05, 0.1) is 12.3 Å². The molecule has 0 radical (unpaired) electrons. The van der Waals surface area contributed by atoms with Gasteiger partial charge in [-0.25, -0.2) is 4.79 Å². The Morgan fingerprint density at radius 2 is 2.43 bits per heavy atom. The Kier molecular flexibility index (Phi) is 3.02. The van der Waals surface area contributed by atoms with Crippen LogP contribution in [0.15, 0.2) is 17.8 Å². The van der Waals surface area contributed by atoms with E-state index >= 15 is 0 Å². The summed E-state index contributed by atoms with van der Waals surface area (Å²) in [5, 5.41) is 12.3. The minimum Gasteiger partial charge on any atom is -0.319 e. The van der Waals surface area contributed by atoms with E-state index in [0.29, 0.717) is 11.3 Å². The summed E-state index contributed by atoms with van der Waals surface area (Å²) in [4.78, 5) is 16.5. The van der Waals surface area contributed by atoms with E-state index in [1.807, 2.05) is 6.07 Å². The molecule has 1 aromatic rings. The van der Waals surface area contributed by atoms with Crippen molar-refractivity contribution < 1.29 is 9.63 Å². The Bertz CT molecular complexity index is 412. The maximum Gasteiger partial charge on any atom is 0.331 e. The van der Waals surface area contributed by atoms with E-state index in [2.05, 4.69) is 5.10 Å². The lowest BCUT2D eigenvalue weighted by Crippen LogP contribution is -2.18. The smallest absolute Gasteiger partial charge is 0.319 e. The van der Waals surface area contributed by atoms with Crippen LogP contribution in [0.2, 0.25) is 0 Å². The van der Waals surface area contributed by atoms with Crippen molar-refractivity contribution in [3.8, 4) is 6.07 Å². The number of aromatic nitrogens is 2. The lowest BCUT2D eigenvalue weighted by atomic mass is 10.3. The topological polar surface area (TPSA) is 67.9 Å². The fraction of sp³-hybridized carbons (Fsp3) is 0.222. The van der Waals surface area contributed by atoms with Gasteiger partial charge in [-0.1, -0.05) is 4.85 Å². The highest BCUT2D eigenvalue weighted by Crippen LogP contribution is 2.04. The molecule has 0 saturated carbocycles. The number of allylic oxidation sites excluding steroid dienone is 1. The van der Waals surface area contributed by atoms with Gasteiger partial charge >= 0.3 is 5.97 Å². The third kappa shape index (κ3) is 2.45. The van der Waals surface area contributed by atoms with Crippen LogP contribution < -0.4 is 4.84 Å². The first-order valence-electron chi connectivity index (χ1n) is 3.95. The van der Waals surface area contributed by atoms with Gasteiger partial charge in [0.15, 0.2) is 0 Å². The minimum atomic E-state index is -0.460. The van der Waals surface area contributed by atoms with Crippen molar-refractivity contribution in [1.82, 2.24) is 9.94 Å². The molecule has 72 valence electrons. The van der Waals surface area contributed by atoms with E-state index in [0.717, 1.165) is 4.85 Å². The predicted molar refractivity (Wildman–Crippen MR) is 48.8 cm³/mol. The highest BCUT2D eigenvalue weighted by molar-refractivity contribution is 5.66. The van der Waals surface area contributed by atoms with Crippen LogP contribution in [0, 0.1) is 11.3 Å². The first-order chi connectivity index (χ1) is 6.63. The average molecular weight is 191 g/mol. The molecule has 0 aromatic carbocycles. The SMILES string of the molecule is CC(=O)On1nccc1/C=C(/C)C#N. The maximum atomic E-state index is 10.6. The molecule has 0 aliphatic carbocycles. The lowest BCUT2D eigenvalue weighted by molar-refractivity contribution is -0.143. The van der Waals surface area contributed by atoms with Gasteiger partial charge < -0.3 is 4.84 Å². The summed E-state index contributed by atoms with van der Waals surface area (Å²) >= 11 is 0. The molecule has 14 heavy (non-hydrogen) atoms. The molecule has 0 unspecified atom stereocenters. The summed E-state index contributed by atoms with van der Waals surface area (Å²) in [6.07, 6.45) is 3.06. The van der Waals surface area contributed by atoms with Gasteiger partial charge in [0.1, 0.15) is 5.69 Å². The standard InChI is InChI=1S/C9H9N3O2/c1-7(6-10)5-9-3-4-11-12(9)14-8(2)13/h3-5H,1-2H3/b7-5-. The second-order valence-corrected chi connectivity index (χ2v) is 2.65. The molecule has 1 aromatic heterocycles. The first kappa shape index (κ1) is 9.99. The minimum absolute atomic E-state index is 0.460. The summed E-state index contributed by atoms with van der Waals surface area (Å²) in [6, 6.07) is 3.61. The first-order valence-corrected chi connectivity index (χ1v) is 3.95. The summed E-state index contributed by atoms with van der Waals surface area (Å²) in [7, 11) is 0. The number of nitrogens with zero attached hydrogens (tertiary/aromatic N) is 3. The van der Waals surface area contributed by atoms with Gasteiger partial charge in [-0.3, -0.25) is 0 Å². The molecule has 0 saturated heterocycles. The highest BCUT2D eigenvalue weighted by Gasteiger charge is 2.02. The number of hydrogen-bond donors (Lipinski definition) is 0. The molecular formula is C9H9N3O2. The highest BCUT2D eigenvalue weighted by atomic mass is 16.7. The molecule has 0 fully saturated rings. The molecule has 5 heteroatoms. The van der Waals surface area contributed by atoms with Crippen LogP contribution in [0.5, 0.6) is 0 Å². The van der Waals surface area contributed by atoms with Crippen LogP contribution in [0.25, 0.3) is 6.08 Å². The van der Waals surface area contributed by atoms with Gasteiger partial charge in [-0.2, -0.15) is 5.26 Å². The fourth-order valence-corrected chi connectivity index (χ4v) is 0.856. The van der Waals surface area contributed by atoms with E-state index in [1.165, 1.54) is 13.1 Å². The van der Waals surface area contributed by atoms with Crippen molar-refractivity contribution in [2.75, 3.05) is 0 Å². The van der Waals surface area contributed by atoms with Crippen molar-refractivity contribution >= 4 is 12.0 Å². The maximum absolute atomic E-state index is 10.6. The molecule has 5 nitrogen and oxygen atoms in total. The van der Waals surface area contributed by atoms with Gasteiger partial charge in [-0.05, 0) is 19.1 Å². The largest absolute Gasteiger partial charge is 0.331 e. The van der Waals surface area contributed by atoms with Crippen LogP contribution in [-0.4, -0.2) is 15.9 Å². The number of carbonyl (C=O) groups excluding carboxylic acids is 1. The number of carbonyl (C=O) groups is 1. The molecule has 1 rings (SSSR count). The zero-order chi connectivity index (χ0) is 10.6. The second kappa shape index (κ2) is 4.23. The van der Waals surface area contributed by atoms with Crippen molar-refractivity contribution in [3.05, 3.63) is 23.5 Å². The molecule has 0 aliphatic rings. The predicted octanol–water partition coefficient (Wildman–Crippen LogP) is 0.785. The number of nitriles is 1. The summed E-state index contributed by atoms with van der Waals surface area (Å²) < 4.78 is 0. The zero-order valence-corrected chi connectivity index (χ0v) is 7.89. The molecule has 0 bridgehead atoms. The summed E-state index contributed by atoms with van der Waals surface area (Å²) in [6.45, 7) is 2.94. The van der Waals surface area contributed by atoms with E-state index in [9.17, 15) is 4.79 Å². The molecule has 0 aliphatic heterocycles. The normalized spacial score (nSPS) is 10.8. The number of hydrogen-bond acceptors (Lipinski definition) is 4. The van der Waals surface area contributed by atoms with Crippen molar-refractivity contribution in [1.29, 1.82) is 5.26 Å². The van der Waals surface area contributed by atoms with Gasteiger partial charge in [0.2, 0.25) is 0 Å². The quantitative estimate of drug-likeness (QED) is 0.648. The van der Waals surface area contributed by atoms with Crippen LogP contribution >= 0.6 is 0 Å². The van der Waals surface area contributed by atoms with Crippen LogP contribution in [0.4, 0.5) is 0 Å². The Hall–Kier alpha value is -2.09. The van der Waals surface area contributed by atoms with Crippen LogP contribution in [0.3, 0.4) is 0 Å².